The van der Waals surface area contributed by atoms with Crippen molar-refractivity contribution in [3.63, 3.8) is 0 Å². The lowest BCUT2D eigenvalue weighted by Crippen LogP contribution is -2.36. The van der Waals surface area contributed by atoms with E-state index in [0.29, 0.717) is 26.7 Å². The molecule has 0 aliphatic rings. The van der Waals surface area contributed by atoms with Crippen molar-refractivity contribution in [2.24, 2.45) is 0 Å². The number of hydrogen-bond donors (Lipinski definition) is 1. The predicted octanol–water partition coefficient (Wildman–Crippen LogP) is 3.16. The summed E-state index contributed by atoms with van der Waals surface area (Å²) in [6, 6.07) is 9.22. The molecular weight excluding hydrogens is 464 g/mol. The Balaban J connectivity index is 1.80. The quantitative estimate of drug-likeness (QED) is 0.458. The van der Waals surface area contributed by atoms with Crippen LogP contribution < -0.4 is 9.62 Å². The Hall–Kier alpha value is -3.77. The highest BCUT2D eigenvalue weighted by atomic mass is 32.2. The number of aromatic nitrogens is 4. The number of nitrogens with zero attached hydrogens (tertiary/aromatic N) is 5. The van der Waals surface area contributed by atoms with Crippen molar-refractivity contribution < 1.29 is 18.0 Å². The number of carbonyl (C=O) groups is 2. The monoisotopic (exact) mass is 482 g/mol. The third-order valence-electron chi connectivity index (χ3n) is 4.54. The Morgan fingerprint density at radius 2 is 1.76 bits per heavy atom. The predicted molar refractivity (Wildman–Crippen MR) is 124 cm³/mol. The van der Waals surface area contributed by atoms with Gasteiger partial charge in [-0.15, -0.1) is 0 Å². The molecule has 0 unspecified atom stereocenters. The lowest BCUT2D eigenvalue weighted by Gasteiger charge is -2.22. The van der Waals surface area contributed by atoms with Gasteiger partial charge in [0.2, 0.25) is 11.8 Å². The van der Waals surface area contributed by atoms with E-state index in [1.807, 2.05) is 0 Å². The maximum absolute atomic E-state index is 13.2. The van der Waals surface area contributed by atoms with Crippen LogP contribution in [-0.2, 0) is 19.6 Å². The van der Waals surface area contributed by atoms with Crippen LogP contribution in [0, 0.1) is 6.92 Å². The average Bonchev–Trinajstić information content (AvgIpc) is 3.16. The molecule has 0 saturated heterocycles. The van der Waals surface area contributed by atoms with Gasteiger partial charge in [0.15, 0.2) is 11.0 Å². The van der Waals surface area contributed by atoms with Gasteiger partial charge in [0.1, 0.15) is 10.3 Å². The average molecular weight is 483 g/mol. The summed E-state index contributed by atoms with van der Waals surface area (Å²) >= 11 is 1.18. The summed E-state index contributed by atoms with van der Waals surface area (Å²) < 4.78 is 27.2. The minimum atomic E-state index is -4.16. The molecular formula is C21H18N6O4S2. The van der Waals surface area contributed by atoms with Gasteiger partial charge < -0.3 is 5.32 Å². The second-order valence-electron chi connectivity index (χ2n) is 7.01. The number of fused-ring (bicyclic) bond motifs is 1. The molecule has 0 spiro atoms. The van der Waals surface area contributed by atoms with Crippen molar-refractivity contribution in [1.29, 1.82) is 0 Å². The summed E-state index contributed by atoms with van der Waals surface area (Å²) in [4.78, 5) is 41.6. The smallest absolute Gasteiger partial charge is 0.270 e. The van der Waals surface area contributed by atoms with Crippen molar-refractivity contribution >= 4 is 54.3 Å². The van der Waals surface area contributed by atoms with Gasteiger partial charge in [-0.25, -0.2) is 27.7 Å². The molecule has 12 heteroatoms. The minimum Gasteiger partial charge on any atom is -0.302 e. The molecule has 3 heterocycles. The highest BCUT2D eigenvalue weighted by molar-refractivity contribution is 7.93. The topological polar surface area (TPSA) is 135 Å². The molecule has 0 saturated carbocycles. The number of pyridine rings is 1. The van der Waals surface area contributed by atoms with Crippen LogP contribution in [0.2, 0.25) is 0 Å². The second-order valence-corrected chi connectivity index (χ2v) is 9.78. The van der Waals surface area contributed by atoms with E-state index in [4.69, 9.17) is 0 Å². The fraction of sp³-hybridized carbons (Fsp3) is 0.143. The van der Waals surface area contributed by atoms with E-state index in [-0.39, 0.29) is 22.3 Å². The minimum absolute atomic E-state index is 0.0159. The number of hydrogen-bond acceptors (Lipinski definition) is 9. The largest absolute Gasteiger partial charge is 0.302 e. The van der Waals surface area contributed by atoms with Crippen LogP contribution in [-0.4, -0.2) is 40.2 Å². The summed E-state index contributed by atoms with van der Waals surface area (Å²) in [7, 11) is -4.16. The third kappa shape index (κ3) is 4.43. The standard InChI is InChI=1S/C21H18N6O4S2/c1-12-18(27(14(3)29)33(30,31)16-7-5-4-6-8-16)9-15(10-22-12)19-23-11-17-20(26-19)32-21(25-17)24-13(2)28/h4-11H,1-3H3,(H,24,25,28). The number of sulfonamides is 1. The zero-order valence-electron chi connectivity index (χ0n) is 17.8. The molecule has 0 fully saturated rings. The summed E-state index contributed by atoms with van der Waals surface area (Å²) in [5.74, 6) is -0.659. The van der Waals surface area contributed by atoms with E-state index < -0.39 is 15.9 Å². The zero-order chi connectivity index (χ0) is 23.8. The molecule has 3 aromatic heterocycles. The first-order valence-electron chi connectivity index (χ1n) is 9.66. The Morgan fingerprint density at radius 3 is 2.42 bits per heavy atom. The lowest BCUT2D eigenvalue weighted by molar-refractivity contribution is -0.115. The molecule has 168 valence electrons. The molecule has 33 heavy (non-hydrogen) atoms. The number of rotatable bonds is 5. The molecule has 1 N–H and O–H groups in total. The molecule has 0 radical (unpaired) electrons. The lowest BCUT2D eigenvalue weighted by atomic mass is 10.2. The van der Waals surface area contributed by atoms with Gasteiger partial charge in [0, 0.05) is 25.6 Å². The SMILES string of the molecule is CC(=O)Nc1nc2cnc(-c3cnc(C)c(N(C(C)=O)S(=O)(=O)c4ccccc4)c3)nc2s1. The number of aryl methyl sites for hydroxylation is 1. The van der Waals surface area contributed by atoms with Crippen molar-refractivity contribution in [2.75, 3.05) is 9.62 Å². The Labute approximate surface area is 193 Å². The molecule has 0 aliphatic heterocycles. The Kier molecular flexibility index (Phi) is 5.87. The maximum atomic E-state index is 13.2. The van der Waals surface area contributed by atoms with Crippen LogP contribution >= 0.6 is 11.3 Å². The van der Waals surface area contributed by atoms with E-state index in [1.54, 1.807) is 25.1 Å². The number of anilines is 2. The van der Waals surface area contributed by atoms with Crippen LogP contribution in [0.3, 0.4) is 0 Å². The van der Waals surface area contributed by atoms with Gasteiger partial charge in [-0.05, 0) is 25.1 Å². The molecule has 2 amide bonds. The highest BCUT2D eigenvalue weighted by Gasteiger charge is 2.30. The Bertz CT molecular complexity index is 1490. The number of carbonyl (C=O) groups excluding carboxylic acids is 2. The van der Waals surface area contributed by atoms with Gasteiger partial charge in [0.05, 0.1) is 22.5 Å². The highest BCUT2D eigenvalue weighted by Crippen LogP contribution is 2.31. The molecule has 0 atom stereocenters. The fourth-order valence-electron chi connectivity index (χ4n) is 3.09. The van der Waals surface area contributed by atoms with E-state index in [0.717, 1.165) is 4.31 Å². The summed E-state index contributed by atoms with van der Waals surface area (Å²) in [6.07, 6.45) is 3.01. The van der Waals surface area contributed by atoms with Crippen LogP contribution in [0.15, 0.2) is 53.7 Å². The van der Waals surface area contributed by atoms with E-state index in [2.05, 4.69) is 25.3 Å². The van der Waals surface area contributed by atoms with E-state index in [1.165, 1.54) is 55.8 Å². The van der Waals surface area contributed by atoms with Gasteiger partial charge in [0.25, 0.3) is 10.0 Å². The normalized spacial score (nSPS) is 11.4. The van der Waals surface area contributed by atoms with E-state index >= 15 is 0 Å². The molecule has 0 bridgehead atoms. The van der Waals surface area contributed by atoms with Crippen LogP contribution in [0.4, 0.5) is 10.8 Å². The first-order valence-corrected chi connectivity index (χ1v) is 11.9. The summed E-state index contributed by atoms with van der Waals surface area (Å²) in [5.41, 5.74) is 1.38. The Morgan fingerprint density at radius 1 is 1.03 bits per heavy atom. The number of benzene rings is 1. The number of amides is 2. The van der Waals surface area contributed by atoms with Gasteiger partial charge in [-0.2, -0.15) is 0 Å². The van der Waals surface area contributed by atoms with Crippen molar-refractivity contribution in [3.05, 3.63) is 54.5 Å². The maximum Gasteiger partial charge on any atom is 0.270 e. The van der Waals surface area contributed by atoms with Crippen molar-refractivity contribution in [1.82, 2.24) is 19.9 Å². The summed E-state index contributed by atoms with van der Waals surface area (Å²) in [5, 5.41) is 3.00. The summed E-state index contributed by atoms with van der Waals surface area (Å²) in [6.45, 7) is 4.17. The van der Waals surface area contributed by atoms with Crippen LogP contribution in [0.25, 0.3) is 21.7 Å². The van der Waals surface area contributed by atoms with Gasteiger partial charge in [-0.1, -0.05) is 29.5 Å². The van der Waals surface area contributed by atoms with Crippen LogP contribution in [0.1, 0.15) is 19.5 Å². The second kappa shape index (κ2) is 8.64. The van der Waals surface area contributed by atoms with Gasteiger partial charge >= 0.3 is 0 Å². The van der Waals surface area contributed by atoms with Gasteiger partial charge in [-0.3, -0.25) is 14.6 Å². The fourth-order valence-corrected chi connectivity index (χ4v) is 5.45. The zero-order valence-corrected chi connectivity index (χ0v) is 19.4. The van der Waals surface area contributed by atoms with Crippen LogP contribution in [0.5, 0.6) is 0 Å². The molecule has 1 aromatic carbocycles. The van der Waals surface area contributed by atoms with E-state index in [9.17, 15) is 18.0 Å². The molecule has 4 aromatic rings. The first kappa shape index (κ1) is 22.4. The third-order valence-corrected chi connectivity index (χ3v) is 7.22. The number of nitrogens with one attached hydrogen (secondary N) is 1. The molecule has 10 nitrogen and oxygen atoms in total. The van der Waals surface area contributed by atoms with Crippen molar-refractivity contribution in [2.45, 2.75) is 25.7 Å². The number of thiazole rings is 1. The van der Waals surface area contributed by atoms with Crippen molar-refractivity contribution in [3.8, 4) is 11.4 Å². The molecule has 0 aliphatic carbocycles. The molecule has 4 rings (SSSR count). The first-order chi connectivity index (χ1) is 15.7.